The number of halogens is 1. The smallest absolute Gasteiger partial charge is 0.123 e. The van der Waals surface area contributed by atoms with Crippen LogP contribution in [-0.4, -0.2) is 7.05 Å². The average Bonchev–Trinajstić information content (AvgIpc) is 2.17. The fourth-order valence-electron chi connectivity index (χ4n) is 2.07. The maximum absolute atomic E-state index is 13.0. The molecule has 2 heteroatoms. The van der Waals surface area contributed by atoms with Gasteiger partial charge in [0.05, 0.1) is 0 Å². The zero-order chi connectivity index (χ0) is 9.26. The van der Waals surface area contributed by atoms with Gasteiger partial charge in [-0.15, -0.1) is 0 Å². The first kappa shape index (κ1) is 8.70. The largest absolute Gasteiger partial charge is 0.313 e. The van der Waals surface area contributed by atoms with E-state index in [1.807, 2.05) is 13.1 Å². The highest BCUT2D eigenvalue weighted by Crippen LogP contribution is 2.29. The van der Waals surface area contributed by atoms with Gasteiger partial charge in [-0.25, -0.2) is 4.39 Å². The molecule has 13 heavy (non-hydrogen) atoms. The van der Waals surface area contributed by atoms with E-state index in [-0.39, 0.29) is 5.82 Å². The fourth-order valence-corrected chi connectivity index (χ4v) is 2.07. The van der Waals surface area contributed by atoms with Gasteiger partial charge in [-0.3, -0.25) is 0 Å². The van der Waals surface area contributed by atoms with E-state index in [9.17, 15) is 4.39 Å². The van der Waals surface area contributed by atoms with Gasteiger partial charge in [-0.05, 0) is 49.6 Å². The lowest BCUT2D eigenvalue weighted by Gasteiger charge is -2.24. The molecular formula is C11H14FN. The van der Waals surface area contributed by atoms with Gasteiger partial charge in [0.2, 0.25) is 0 Å². The lowest BCUT2D eigenvalue weighted by molar-refractivity contribution is 0.491. The Morgan fingerprint density at radius 3 is 3.08 bits per heavy atom. The summed E-state index contributed by atoms with van der Waals surface area (Å²) in [7, 11) is 1.94. The van der Waals surface area contributed by atoms with E-state index in [1.54, 1.807) is 12.1 Å². The Kier molecular flexibility index (Phi) is 2.32. The van der Waals surface area contributed by atoms with Crippen LogP contribution in [0.5, 0.6) is 0 Å². The van der Waals surface area contributed by atoms with Gasteiger partial charge in [0.15, 0.2) is 0 Å². The first-order chi connectivity index (χ1) is 6.31. The summed E-state index contributed by atoms with van der Waals surface area (Å²) in [6.07, 6.45) is 3.41. The second-order valence-corrected chi connectivity index (χ2v) is 3.58. The van der Waals surface area contributed by atoms with Gasteiger partial charge in [-0.2, -0.15) is 0 Å². The molecule has 1 aliphatic carbocycles. The Bertz CT molecular complexity index is 309. The number of hydrogen-bond donors (Lipinski definition) is 1. The molecule has 0 aromatic heterocycles. The molecule has 0 heterocycles. The highest BCUT2D eigenvalue weighted by molar-refractivity contribution is 5.32. The molecule has 1 aliphatic rings. The lowest BCUT2D eigenvalue weighted by Crippen LogP contribution is -2.21. The molecule has 0 radical (unpaired) electrons. The van der Waals surface area contributed by atoms with Crippen LogP contribution in [0.25, 0.3) is 0 Å². The van der Waals surface area contributed by atoms with Crippen molar-refractivity contribution in [1.82, 2.24) is 5.32 Å². The van der Waals surface area contributed by atoms with Crippen molar-refractivity contribution in [3.8, 4) is 0 Å². The first-order valence-corrected chi connectivity index (χ1v) is 4.77. The van der Waals surface area contributed by atoms with E-state index < -0.39 is 0 Å². The standard InChI is InChI=1S/C11H14FN/c1-13-11-4-2-3-8-5-6-9(12)7-10(8)11/h5-7,11,13H,2-4H2,1H3. The molecule has 1 aromatic carbocycles. The second-order valence-electron chi connectivity index (χ2n) is 3.58. The first-order valence-electron chi connectivity index (χ1n) is 4.77. The van der Waals surface area contributed by atoms with Crippen LogP contribution in [-0.2, 0) is 6.42 Å². The molecular weight excluding hydrogens is 165 g/mol. The quantitative estimate of drug-likeness (QED) is 0.698. The molecule has 0 spiro atoms. The third-order valence-electron chi connectivity index (χ3n) is 2.77. The van der Waals surface area contributed by atoms with Crippen molar-refractivity contribution in [3.63, 3.8) is 0 Å². The summed E-state index contributed by atoms with van der Waals surface area (Å²) in [4.78, 5) is 0. The number of aryl methyl sites for hydroxylation is 1. The van der Waals surface area contributed by atoms with Crippen LogP contribution in [0, 0.1) is 5.82 Å². The van der Waals surface area contributed by atoms with E-state index in [4.69, 9.17) is 0 Å². The Balaban J connectivity index is 2.41. The SMILES string of the molecule is CNC1CCCc2ccc(F)cc21. The molecule has 1 atom stereocenters. The maximum Gasteiger partial charge on any atom is 0.123 e. The van der Waals surface area contributed by atoms with Crippen molar-refractivity contribution in [2.24, 2.45) is 0 Å². The molecule has 0 saturated heterocycles. The average molecular weight is 179 g/mol. The molecule has 1 nitrogen and oxygen atoms in total. The molecule has 1 aromatic rings. The third kappa shape index (κ3) is 1.59. The summed E-state index contributed by atoms with van der Waals surface area (Å²) in [5.41, 5.74) is 2.45. The van der Waals surface area contributed by atoms with Crippen molar-refractivity contribution in [2.75, 3.05) is 7.05 Å². The summed E-state index contributed by atoms with van der Waals surface area (Å²) in [6.45, 7) is 0. The second kappa shape index (κ2) is 3.46. The van der Waals surface area contributed by atoms with Crippen LogP contribution in [0.2, 0.25) is 0 Å². The van der Waals surface area contributed by atoms with Crippen LogP contribution in [0.3, 0.4) is 0 Å². The highest BCUT2D eigenvalue weighted by Gasteiger charge is 2.18. The molecule has 0 amide bonds. The molecule has 0 saturated carbocycles. The van der Waals surface area contributed by atoms with Crippen molar-refractivity contribution in [3.05, 3.63) is 35.1 Å². The van der Waals surface area contributed by atoms with Gasteiger partial charge in [0.1, 0.15) is 5.82 Å². The fraction of sp³-hybridized carbons (Fsp3) is 0.455. The Morgan fingerprint density at radius 2 is 2.31 bits per heavy atom. The van der Waals surface area contributed by atoms with Crippen molar-refractivity contribution in [2.45, 2.75) is 25.3 Å². The van der Waals surface area contributed by atoms with Crippen LogP contribution >= 0.6 is 0 Å². The highest BCUT2D eigenvalue weighted by atomic mass is 19.1. The van der Waals surface area contributed by atoms with Crippen LogP contribution in [0.4, 0.5) is 4.39 Å². The number of hydrogen-bond acceptors (Lipinski definition) is 1. The van der Waals surface area contributed by atoms with Gasteiger partial charge in [0.25, 0.3) is 0 Å². The van der Waals surface area contributed by atoms with Gasteiger partial charge in [0, 0.05) is 6.04 Å². The van der Waals surface area contributed by atoms with Crippen molar-refractivity contribution >= 4 is 0 Å². The minimum absolute atomic E-state index is 0.124. The topological polar surface area (TPSA) is 12.0 Å². The molecule has 0 bridgehead atoms. The lowest BCUT2D eigenvalue weighted by atomic mass is 9.88. The van der Waals surface area contributed by atoms with Crippen LogP contribution < -0.4 is 5.32 Å². The molecule has 0 fully saturated rings. The van der Waals surface area contributed by atoms with E-state index in [2.05, 4.69) is 5.32 Å². The molecule has 1 unspecified atom stereocenters. The molecule has 2 rings (SSSR count). The van der Waals surface area contributed by atoms with E-state index >= 15 is 0 Å². The number of benzene rings is 1. The minimum atomic E-state index is -0.124. The summed E-state index contributed by atoms with van der Waals surface area (Å²) in [6, 6.07) is 5.47. The zero-order valence-electron chi connectivity index (χ0n) is 7.81. The Hall–Kier alpha value is -0.890. The molecule has 1 N–H and O–H groups in total. The zero-order valence-corrected chi connectivity index (χ0v) is 7.81. The number of fused-ring (bicyclic) bond motifs is 1. The number of nitrogens with one attached hydrogen (secondary N) is 1. The normalized spacial score (nSPS) is 21.2. The van der Waals surface area contributed by atoms with E-state index in [0.717, 1.165) is 18.4 Å². The van der Waals surface area contributed by atoms with Crippen molar-refractivity contribution < 1.29 is 4.39 Å². The molecule has 0 aliphatic heterocycles. The maximum atomic E-state index is 13.0. The van der Waals surface area contributed by atoms with Crippen LogP contribution in [0.1, 0.15) is 30.0 Å². The molecule has 70 valence electrons. The predicted octanol–water partition coefficient (Wildman–Crippen LogP) is 2.42. The summed E-state index contributed by atoms with van der Waals surface area (Å²) < 4.78 is 13.0. The Labute approximate surface area is 78.0 Å². The van der Waals surface area contributed by atoms with Gasteiger partial charge in [-0.1, -0.05) is 6.07 Å². The summed E-state index contributed by atoms with van der Waals surface area (Å²) in [5, 5.41) is 3.22. The monoisotopic (exact) mass is 179 g/mol. The summed E-state index contributed by atoms with van der Waals surface area (Å²) >= 11 is 0. The summed E-state index contributed by atoms with van der Waals surface area (Å²) in [5.74, 6) is -0.124. The van der Waals surface area contributed by atoms with Gasteiger partial charge >= 0.3 is 0 Å². The third-order valence-corrected chi connectivity index (χ3v) is 2.77. The Morgan fingerprint density at radius 1 is 1.46 bits per heavy atom. The minimum Gasteiger partial charge on any atom is -0.313 e. The van der Waals surface area contributed by atoms with Crippen LogP contribution in [0.15, 0.2) is 18.2 Å². The van der Waals surface area contributed by atoms with E-state index in [1.165, 1.54) is 12.0 Å². The van der Waals surface area contributed by atoms with Crippen molar-refractivity contribution in [1.29, 1.82) is 0 Å². The van der Waals surface area contributed by atoms with Gasteiger partial charge < -0.3 is 5.32 Å². The predicted molar refractivity (Wildman–Crippen MR) is 51.1 cm³/mol. The number of rotatable bonds is 1. The van der Waals surface area contributed by atoms with E-state index in [0.29, 0.717) is 6.04 Å².